The predicted octanol–water partition coefficient (Wildman–Crippen LogP) is 2.66. The first-order chi connectivity index (χ1) is 10.4. The quantitative estimate of drug-likeness (QED) is 0.895. The molecule has 1 heterocycles. The molecule has 0 spiro atoms. The van der Waals surface area contributed by atoms with E-state index in [0.717, 1.165) is 5.56 Å². The molecule has 0 fully saturated rings. The van der Waals surface area contributed by atoms with E-state index in [9.17, 15) is 13.2 Å². The summed E-state index contributed by atoms with van der Waals surface area (Å²) in [7, 11) is -3.89. The smallest absolute Gasteiger partial charge is 0.306 e. The molecule has 0 aromatic heterocycles. The number of amides is 2. The zero-order valence-corrected chi connectivity index (χ0v) is 12.1. The lowest BCUT2D eigenvalue weighted by Crippen LogP contribution is -2.39. The highest BCUT2D eigenvalue weighted by Gasteiger charge is 2.30. The van der Waals surface area contributed by atoms with Gasteiger partial charge >= 0.3 is 6.03 Å². The molecule has 108 valence electrons. The molecule has 0 aliphatic carbocycles. The molecule has 1 atom stereocenters. The Hall–Kier alpha value is -2.34. The van der Waals surface area contributed by atoms with Crippen molar-refractivity contribution in [3.8, 4) is 0 Å². The van der Waals surface area contributed by atoms with Gasteiger partial charge in [0.05, 0.1) is 7.06 Å². The third-order valence-corrected chi connectivity index (χ3v) is 4.85. The molecule has 6 heteroatoms. The molecule has 1 unspecified atom stereocenters. The van der Waals surface area contributed by atoms with Crippen LogP contribution in [0.5, 0.6) is 0 Å². The first-order valence-corrected chi connectivity index (χ1v) is 7.90. The van der Waals surface area contributed by atoms with Gasteiger partial charge in [-0.1, -0.05) is 49.4 Å². The van der Waals surface area contributed by atoms with Gasteiger partial charge in [-0.25, -0.2) is 17.9 Å². The number of anilines is 1. The van der Waals surface area contributed by atoms with E-state index in [1.54, 1.807) is 0 Å². The molecule has 2 amide bonds. The summed E-state index contributed by atoms with van der Waals surface area (Å²) < 4.78 is 34.2. The lowest BCUT2D eigenvalue weighted by Gasteiger charge is -2.24. The number of fused-ring (bicyclic) bond motifs is 1. The molecule has 0 saturated heterocycles. The molecule has 2 aromatic carbocycles. The average molecular weight is 303 g/mol. The van der Waals surface area contributed by atoms with E-state index in [-0.39, 0.29) is 22.5 Å². The molecule has 5 nitrogen and oxygen atoms in total. The molecule has 2 aromatic rings. The summed E-state index contributed by atoms with van der Waals surface area (Å²) >= 11 is 0. The van der Waals surface area contributed by atoms with Gasteiger partial charge in [-0.2, -0.15) is 0 Å². The standard InChI is InChI=1S/C15H14N2O3S/c1-10(11-6-3-2-4-7-11)12-8-5-9-13-14(12)16-15(18)17-21(13,19)20/h2-10H,1H3,(H2,16,17,18)/i8D. The van der Waals surface area contributed by atoms with Crippen molar-refractivity contribution in [2.75, 3.05) is 5.32 Å². The Kier molecular flexibility index (Phi) is 2.89. The van der Waals surface area contributed by atoms with E-state index in [0.29, 0.717) is 5.56 Å². The second-order valence-electron chi connectivity index (χ2n) is 4.82. The van der Waals surface area contributed by atoms with Crippen LogP contribution in [0.15, 0.2) is 53.4 Å². The van der Waals surface area contributed by atoms with Crippen LogP contribution in [0.25, 0.3) is 0 Å². The number of carbonyl (C=O) groups is 1. The molecule has 2 N–H and O–H groups in total. The van der Waals surface area contributed by atoms with Gasteiger partial charge in [0.15, 0.2) is 0 Å². The zero-order chi connectivity index (χ0) is 15.9. The Bertz CT molecular complexity index is 851. The summed E-state index contributed by atoms with van der Waals surface area (Å²) in [6, 6.07) is 11.6. The van der Waals surface area contributed by atoms with Crippen LogP contribution in [0.2, 0.25) is 0 Å². The first kappa shape index (κ1) is 12.4. The third kappa shape index (κ3) is 2.38. The lowest BCUT2D eigenvalue weighted by atomic mass is 9.92. The van der Waals surface area contributed by atoms with Gasteiger partial charge in [0.2, 0.25) is 0 Å². The number of hydrogen-bond donors (Lipinski definition) is 2. The van der Waals surface area contributed by atoms with Crippen molar-refractivity contribution in [2.45, 2.75) is 17.7 Å². The van der Waals surface area contributed by atoms with Gasteiger partial charge in [-0.05, 0) is 17.2 Å². The van der Waals surface area contributed by atoms with E-state index < -0.39 is 16.1 Å². The molecule has 0 bridgehead atoms. The first-order valence-electron chi connectivity index (χ1n) is 6.92. The summed E-state index contributed by atoms with van der Waals surface area (Å²) in [6.07, 6.45) is 0. The maximum absolute atomic E-state index is 12.1. The van der Waals surface area contributed by atoms with Crippen LogP contribution in [0.1, 0.15) is 25.3 Å². The second kappa shape index (κ2) is 4.89. The topological polar surface area (TPSA) is 75.3 Å². The summed E-state index contributed by atoms with van der Waals surface area (Å²) in [5.74, 6) is -0.225. The van der Waals surface area contributed by atoms with Crippen LogP contribution in [-0.4, -0.2) is 14.4 Å². The fourth-order valence-corrected chi connectivity index (χ4v) is 3.50. The van der Waals surface area contributed by atoms with E-state index >= 15 is 0 Å². The van der Waals surface area contributed by atoms with Gasteiger partial charge in [0, 0.05) is 5.92 Å². The zero-order valence-electron chi connectivity index (χ0n) is 12.3. The van der Waals surface area contributed by atoms with Crippen molar-refractivity contribution >= 4 is 21.7 Å². The van der Waals surface area contributed by atoms with Crippen LogP contribution < -0.4 is 10.0 Å². The van der Waals surface area contributed by atoms with Crippen molar-refractivity contribution in [3.63, 3.8) is 0 Å². The fraction of sp³-hybridized carbons (Fsp3) is 0.133. The summed E-state index contributed by atoms with van der Waals surface area (Å²) in [6.45, 7) is 1.88. The highest BCUT2D eigenvalue weighted by molar-refractivity contribution is 7.90. The largest absolute Gasteiger partial charge is 0.333 e. The SMILES string of the molecule is [2H]c1ccc2c(c1C(C)c1ccccc1)NC(=O)NS2(=O)=O. The Balaban J connectivity index is 2.23. The van der Waals surface area contributed by atoms with Gasteiger partial charge in [0.1, 0.15) is 4.90 Å². The number of sulfonamides is 1. The number of para-hydroxylation sites is 1. The monoisotopic (exact) mass is 303 g/mol. The predicted molar refractivity (Wildman–Crippen MR) is 79.7 cm³/mol. The minimum atomic E-state index is -3.89. The molecule has 0 radical (unpaired) electrons. The Morgan fingerprint density at radius 1 is 1.14 bits per heavy atom. The highest BCUT2D eigenvalue weighted by Crippen LogP contribution is 2.35. The van der Waals surface area contributed by atoms with Crippen molar-refractivity contribution in [1.82, 2.24) is 4.72 Å². The third-order valence-electron chi connectivity index (χ3n) is 3.48. The van der Waals surface area contributed by atoms with Gasteiger partial charge in [0.25, 0.3) is 10.0 Å². The van der Waals surface area contributed by atoms with Crippen LogP contribution >= 0.6 is 0 Å². The molecular weight excluding hydrogens is 288 g/mol. The number of urea groups is 1. The number of rotatable bonds is 2. The number of nitrogens with one attached hydrogen (secondary N) is 2. The Labute approximate surface area is 124 Å². The van der Waals surface area contributed by atoms with E-state index in [4.69, 9.17) is 1.37 Å². The fourth-order valence-electron chi connectivity index (χ4n) is 2.41. The van der Waals surface area contributed by atoms with E-state index in [1.807, 2.05) is 42.0 Å². The normalized spacial score (nSPS) is 18.0. The van der Waals surface area contributed by atoms with E-state index in [2.05, 4.69) is 5.32 Å². The van der Waals surface area contributed by atoms with Crippen molar-refractivity contribution in [2.24, 2.45) is 0 Å². The summed E-state index contributed by atoms with van der Waals surface area (Å²) in [5.41, 5.74) is 1.62. The van der Waals surface area contributed by atoms with Crippen molar-refractivity contribution < 1.29 is 14.6 Å². The Morgan fingerprint density at radius 3 is 2.57 bits per heavy atom. The lowest BCUT2D eigenvalue weighted by molar-refractivity contribution is 0.256. The minimum absolute atomic E-state index is 0.0131. The summed E-state index contributed by atoms with van der Waals surface area (Å²) in [5, 5.41) is 2.53. The Morgan fingerprint density at radius 2 is 1.86 bits per heavy atom. The number of benzene rings is 2. The van der Waals surface area contributed by atoms with Gasteiger partial charge < -0.3 is 5.32 Å². The molecular formula is C15H14N2O3S. The molecule has 1 aliphatic heterocycles. The highest BCUT2D eigenvalue weighted by atomic mass is 32.2. The molecule has 3 rings (SSSR count). The van der Waals surface area contributed by atoms with Crippen LogP contribution in [0, 0.1) is 0 Å². The minimum Gasteiger partial charge on any atom is -0.306 e. The van der Waals surface area contributed by atoms with Crippen molar-refractivity contribution in [3.05, 3.63) is 59.6 Å². The van der Waals surface area contributed by atoms with Crippen LogP contribution in [0.3, 0.4) is 0 Å². The van der Waals surface area contributed by atoms with Crippen LogP contribution in [0.4, 0.5) is 10.5 Å². The van der Waals surface area contributed by atoms with Gasteiger partial charge in [-0.15, -0.1) is 0 Å². The van der Waals surface area contributed by atoms with Crippen molar-refractivity contribution in [1.29, 1.82) is 0 Å². The molecule has 1 aliphatic rings. The molecule has 0 saturated carbocycles. The number of carbonyl (C=O) groups excluding carboxylic acids is 1. The maximum atomic E-state index is 12.1. The van der Waals surface area contributed by atoms with Gasteiger partial charge in [-0.3, -0.25) is 0 Å². The summed E-state index contributed by atoms with van der Waals surface area (Å²) in [4.78, 5) is 11.6. The van der Waals surface area contributed by atoms with Crippen LogP contribution in [-0.2, 0) is 10.0 Å². The average Bonchev–Trinajstić information content (AvgIpc) is 2.46. The maximum Gasteiger partial charge on any atom is 0.333 e. The molecule has 21 heavy (non-hydrogen) atoms. The number of hydrogen-bond acceptors (Lipinski definition) is 3. The van der Waals surface area contributed by atoms with E-state index in [1.165, 1.54) is 12.1 Å². The second-order valence-corrected chi connectivity index (χ2v) is 6.47.